The second-order valence-corrected chi connectivity index (χ2v) is 5.16. The van der Waals surface area contributed by atoms with E-state index in [2.05, 4.69) is 15.5 Å². The van der Waals surface area contributed by atoms with Gasteiger partial charge < -0.3 is 0 Å². The van der Waals surface area contributed by atoms with E-state index in [9.17, 15) is 13.2 Å². The highest BCUT2D eigenvalue weighted by atomic mass is 32.2. The molecule has 0 aliphatic heterocycles. The van der Waals surface area contributed by atoms with E-state index in [4.69, 9.17) is 0 Å². The van der Waals surface area contributed by atoms with E-state index in [0.717, 1.165) is 0 Å². The van der Waals surface area contributed by atoms with E-state index >= 15 is 0 Å². The third-order valence-corrected chi connectivity index (χ3v) is 3.44. The van der Waals surface area contributed by atoms with Crippen LogP contribution in [0, 0.1) is 0 Å². The fraction of sp³-hybridized carbons (Fsp3) is 0. The number of benzene rings is 1. The first-order valence-corrected chi connectivity index (χ1v) is 6.73. The SMILES string of the molecule is O=C(Nc1cccnn1)NS(=O)(=O)c1ccccc1. The molecule has 1 aromatic heterocycles. The third kappa shape index (κ3) is 3.49. The fourth-order valence-electron chi connectivity index (χ4n) is 1.29. The molecule has 2 amide bonds. The molecule has 2 N–H and O–H groups in total. The lowest BCUT2D eigenvalue weighted by molar-refractivity contribution is 0.256. The van der Waals surface area contributed by atoms with Crippen molar-refractivity contribution in [3.63, 3.8) is 0 Å². The smallest absolute Gasteiger partial charge is 0.290 e. The maximum Gasteiger partial charge on any atom is 0.334 e. The molecule has 0 radical (unpaired) electrons. The van der Waals surface area contributed by atoms with E-state index in [0.29, 0.717) is 0 Å². The monoisotopic (exact) mass is 278 g/mol. The normalized spacial score (nSPS) is 10.7. The summed E-state index contributed by atoms with van der Waals surface area (Å²) in [7, 11) is -3.89. The van der Waals surface area contributed by atoms with Crippen LogP contribution in [0.1, 0.15) is 0 Å². The molecule has 8 heteroatoms. The van der Waals surface area contributed by atoms with E-state index in [1.807, 2.05) is 4.72 Å². The van der Waals surface area contributed by atoms with Crippen molar-refractivity contribution in [3.05, 3.63) is 48.7 Å². The van der Waals surface area contributed by atoms with Gasteiger partial charge in [0.25, 0.3) is 10.0 Å². The number of rotatable bonds is 3. The van der Waals surface area contributed by atoms with Crippen molar-refractivity contribution in [1.82, 2.24) is 14.9 Å². The number of hydrogen-bond donors (Lipinski definition) is 2. The van der Waals surface area contributed by atoms with Crippen molar-refractivity contribution in [2.24, 2.45) is 0 Å². The van der Waals surface area contributed by atoms with E-state index < -0.39 is 16.1 Å². The summed E-state index contributed by atoms with van der Waals surface area (Å²) < 4.78 is 25.5. The van der Waals surface area contributed by atoms with Crippen LogP contribution in [-0.2, 0) is 10.0 Å². The minimum absolute atomic E-state index is 0.00398. The molecule has 0 unspecified atom stereocenters. The molecule has 2 rings (SSSR count). The van der Waals surface area contributed by atoms with Crippen molar-refractivity contribution >= 4 is 21.9 Å². The van der Waals surface area contributed by atoms with E-state index in [1.165, 1.54) is 24.4 Å². The number of urea groups is 1. The van der Waals surface area contributed by atoms with Crippen LogP contribution in [-0.4, -0.2) is 24.6 Å². The summed E-state index contributed by atoms with van der Waals surface area (Å²) >= 11 is 0. The molecular formula is C11H10N4O3S. The Kier molecular flexibility index (Phi) is 3.71. The van der Waals surface area contributed by atoms with Crippen molar-refractivity contribution in [1.29, 1.82) is 0 Å². The highest BCUT2D eigenvalue weighted by molar-refractivity contribution is 7.90. The predicted molar refractivity (Wildman–Crippen MR) is 67.8 cm³/mol. The van der Waals surface area contributed by atoms with Gasteiger partial charge in [0.05, 0.1) is 4.90 Å². The summed E-state index contributed by atoms with van der Waals surface area (Å²) in [6.07, 6.45) is 1.43. The Hall–Kier alpha value is -2.48. The fourth-order valence-corrected chi connectivity index (χ4v) is 2.22. The first-order chi connectivity index (χ1) is 9.08. The van der Waals surface area contributed by atoms with Crippen LogP contribution in [0.25, 0.3) is 0 Å². The number of carbonyl (C=O) groups is 1. The third-order valence-electron chi connectivity index (χ3n) is 2.09. The van der Waals surface area contributed by atoms with Crippen molar-refractivity contribution in [2.75, 3.05) is 5.32 Å². The van der Waals surface area contributed by atoms with Gasteiger partial charge in [-0.1, -0.05) is 18.2 Å². The molecule has 1 heterocycles. The number of nitrogens with one attached hydrogen (secondary N) is 2. The lowest BCUT2D eigenvalue weighted by atomic mass is 10.4. The van der Waals surface area contributed by atoms with E-state index in [1.54, 1.807) is 24.3 Å². The summed E-state index contributed by atoms with van der Waals surface area (Å²) in [5, 5.41) is 9.42. The minimum atomic E-state index is -3.89. The zero-order valence-corrected chi connectivity index (χ0v) is 10.5. The molecule has 0 aliphatic rings. The summed E-state index contributed by atoms with van der Waals surface area (Å²) in [5.41, 5.74) is 0. The van der Waals surface area contributed by atoms with Gasteiger partial charge >= 0.3 is 6.03 Å². The number of anilines is 1. The standard InChI is InChI=1S/C11H10N4O3S/c16-11(13-10-7-4-8-12-14-10)15-19(17,18)9-5-2-1-3-6-9/h1-8H,(H2,13,14,15,16). The molecule has 0 fully saturated rings. The molecule has 0 atom stereocenters. The molecule has 2 aromatic rings. The van der Waals surface area contributed by atoms with Gasteiger partial charge in [0.15, 0.2) is 5.82 Å². The summed E-state index contributed by atoms with van der Waals surface area (Å²) in [4.78, 5) is 11.5. The van der Waals surface area contributed by atoms with Gasteiger partial charge in [0.1, 0.15) is 0 Å². The van der Waals surface area contributed by atoms with E-state index in [-0.39, 0.29) is 10.7 Å². The van der Waals surface area contributed by atoms with Crippen LogP contribution in [0.2, 0.25) is 0 Å². The van der Waals surface area contributed by atoms with Crippen LogP contribution >= 0.6 is 0 Å². The summed E-state index contributed by atoms with van der Waals surface area (Å²) in [6.45, 7) is 0. The first kappa shape index (κ1) is 13.0. The quantitative estimate of drug-likeness (QED) is 0.871. The Morgan fingerprint density at radius 2 is 1.79 bits per heavy atom. The van der Waals surface area contributed by atoms with Gasteiger partial charge in [-0.2, -0.15) is 5.10 Å². The zero-order valence-electron chi connectivity index (χ0n) is 9.65. The van der Waals surface area contributed by atoms with Crippen molar-refractivity contribution in [2.45, 2.75) is 4.90 Å². The first-order valence-electron chi connectivity index (χ1n) is 5.24. The molecule has 19 heavy (non-hydrogen) atoms. The van der Waals surface area contributed by atoms with Gasteiger partial charge in [-0.3, -0.25) is 5.32 Å². The Labute approximate surface area is 109 Å². The van der Waals surface area contributed by atoms with Crippen molar-refractivity contribution in [3.8, 4) is 0 Å². The average Bonchev–Trinajstić information content (AvgIpc) is 2.40. The second-order valence-electron chi connectivity index (χ2n) is 3.48. The second kappa shape index (κ2) is 5.44. The zero-order chi connectivity index (χ0) is 13.7. The number of hydrogen-bond acceptors (Lipinski definition) is 5. The molecule has 1 aromatic carbocycles. The number of sulfonamides is 1. The van der Waals surface area contributed by atoms with Gasteiger partial charge in [0, 0.05) is 6.20 Å². The highest BCUT2D eigenvalue weighted by Gasteiger charge is 2.17. The molecule has 0 aliphatic carbocycles. The van der Waals surface area contributed by atoms with Crippen LogP contribution in [0.3, 0.4) is 0 Å². The number of amides is 2. The lowest BCUT2D eigenvalue weighted by Crippen LogP contribution is -2.34. The van der Waals surface area contributed by atoms with Crippen LogP contribution in [0.5, 0.6) is 0 Å². The summed E-state index contributed by atoms with van der Waals surface area (Å²) in [6, 6.07) is 9.74. The van der Waals surface area contributed by atoms with Crippen LogP contribution in [0.15, 0.2) is 53.6 Å². The molecule has 0 bridgehead atoms. The van der Waals surface area contributed by atoms with Crippen molar-refractivity contribution < 1.29 is 13.2 Å². The molecule has 7 nitrogen and oxygen atoms in total. The largest absolute Gasteiger partial charge is 0.334 e. The minimum Gasteiger partial charge on any atom is -0.290 e. The summed E-state index contributed by atoms with van der Waals surface area (Å²) in [5.74, 6) is 0.156. The molecule has 98 valence electrons. The Balaban J connectivity index is 2.07. The Morgan fingerprint density at radius 1 is 1.05 bits per heavy atom. The number of nitrogens with zero attached hydrogens (tertiary/aromatic N) is 2. The topological polar surface area (TPSA) is 101 Å². The lowest BCUT2D eigenvalue weighted by Gasteiger charge is -2.07. The molecule has 0 saturated heterocycles. The van der Waals surface area contributed by atoms with Crippen LogP contribution in [0.4, 0.5) is 10.6 Å². The van der Waals surface area contributed by atoms with Gasteiger partial charge in [-0.05, 0) is 24.3 Å². The number of carbonyl (C=O) groups excluding carboxylic acids is 1. The number of aromatic nitrogens is 2. The van der Waals surface area contributed by atoms with Gasteiger partial charge in [-0.25, -0.2) is 17.9 Å². The van der Waals surface area contributed by atoms with Gasteiger partial charge in [0.2, 0.25) is 0 Å². The Morgan fingerprint density at radius 3 is 2.42 bits per heavy atom. The highest BCUT2D eigenvalue weighted by Crippen LogP contribution is 2.07. The average molecular weight is 278 g/mol. The Bertz CT molecular complexity index is 659. The molecule has 0 saturated carbocycles. The maximum atomic E-state index is 11.8. The van der Waals surface area contributed by atoms with Crippen LogP contribution < -0.4 is 10.0 Å². The van der Waals surface area contributed by atoms with Gasteiger partial charge in [-0.15, -0.1) is 5.10 Å². The predicted octanol–water partition coefficient (Wildman–Crippen LogP) is 0.987. The maximum absolute atomic E-state index is 11.8. The molecular weight excluding hydrogens is 268 g/mol. The molecule has 0 spiro atoms.